The van der Waals surface area contributed by atoms with Crippen LogP contribution in [-0.2, 0) is 9.59 Å². The Hall–Kier alpha value is -1.79. The van der Waals surface area contributed by atoms with Crippen LogP contribution < -0.4 is 11.1 Å². The molecule has 3 amide bonds. The SMILES string of the molecule is CC(C)(C)C(NC(=O)N1CCCC(C(N)=O)C1)C(=O)O. The topological polar surface area (TPSA) is 113 Å². The summed E-state index contributed by atoms with van der Waals surface area (Å²) >= 11 is 0. The molecule has 0 aromatic rings. The molecule has 0 aromatic carbocycles. The van der Waals surface area contributed by atoms with Crippen molar-refractivity contribution in [3.63, 3.8) is 0 Å². The highest BCUT2D eigenvalue weighted by Gasteiger charge is 2.35. The predicted octanol–water partition coefficient (Wildman–Crippen LogP) is 0.393. The van der Waals surface area contributed by atoms with E-state index in [1.807, 2.05) is 0 Å². The number of hydrogen-bond donors (Lipinski definition) is 3. The number of carboxylic acids is 1. The van der Waals surface area contributed by atoms with Crippen molar-refractivity contribution in [1.29, 1.82) is 0 Å². The molecule has 114 valence electrons. The van der Waals surface area contributed by atoms with Gasteiger partial charge >= 0.3 is 12.0 Å². The van der Waals surface area contributed by atoms with E-state index in [0.717, 1.165) is 0 Å². The van der Waals surface area contributed by atoms with Crippen molar-refractivity contribution in [3.05, 3.63) is 0 Å². The van der Waals surface area contributed by atoms with E-state index in [4.69, 9.17) is 5.73 Å². The molecule has 1 rings (SSSR count). The number of piperidine rings is 1. The lowest BCUT2D eigenvalue weighted by Gasteiger charge is -2.34. The second kappa shape index (κ2) is 6.11. The highest BCUT2D eigenvalue weighted by molar-refractivity contribution is 5.84. The minimum atomic E-state index is -1.07. The number of carboxylic acid groups (broad SMARTS) is 1. The van der Waals surface area contributed by atoms with Gasteiger partial charge in [0.15, 0.2) is 0 Å². The van der Waals surface area contributed by atoms with Gasteiger partial charge in [0.05, 0.1) is 5.92 Å². The Morgan fingerprint density at radius 2 is 1.95 bits per heavy atom. The Morgan fingerprint density at radius 1 is 1.35 bits per heavy atom. The van der Waals surface area contributed by atoms with E-state index in [2.05, 4.69) is 5.32 Å². The Kier molecular flexibility index (Phi) is 4.97. The smallest absolute Gasteiger partial charge is 0.326 e. The fraction of sp³-hybridized carbons (Fsp3) is 0.769. The first-order chi connectivity index (χ1) is 9.12. The van der Waals surface area contributed by atoms with Gasteiger partial charge in [-0.15, -0.1) is 0 Å². The summed E-state index contributed by atoms with van der Waals surface area (Å²) in [7, 11) is 0. The number of rotatable bonds is 3. The number of amides is 3. The third-order valence-electron chi connectivity index (χ3n) is 3.49. The molecule has 2 unspecified atom stereocenters. The number of urea groups is 1. The molecule has 1 aliphatic heterocycles. The van der Waals surface area contributed by atoms with Crippen LogP contribution in [0.15, 0.2) is 0 Å². The molecular weight excluding hydrogens is 262 g/mol. The standard InChI is InChI=1S/C13H23N3O4/c1-13(2,3)9(11(18)19)15-12(20)16-6-4-5-8(7-16)10(14)17/h8-9H,4-7H2,1-3H3,(H2,14,17)(H,15,20)(H,18,19). The zero-order chi connectivity index (χ0) is 15.5. The van der Waals surface area contributed by atoms with E-state index < -0.39 is 29.4 Å². The number of nitrogens with two attached hydrogens (primary N) is 1. The molecule has 1 fully saturated rings. The lowest BCUT2D eigenvalue weighted by molar-refractivity contribution is -0.142. The van der Waals surface area contributed by atoms with Crippen molar-refractivity contribution in [1.82, 2.24) is 10.2 Å². The highest BCUT2D eigenvalue weighted by atomic mass is 16.4. The van der Waals surface area contributed by atoms with Gasteiger partial charge < -0.3 is 21.1 Å². The molecular formula is C13H23N3O4. The zero-order valence-electron chi connectivity index (χ0n) is 12.2. The van der Waals surface area contributed by atoms with Crippen molar-refractivity contribution < 1.29 is 19.5 Å². The number of nitrogens with one attached hydrogen (secondary N) is 1. The summed E-state index contributed by atoms with van der Waals surface area (Å²) in [4.78, 5) is 36.0. The van der Waals surface area contributed by atoms with Crippen LogP contribution in [0.1, 0.15) is 33.6 Å². The number of hydrogen-bond acceptors (Lipinski definition) is 3. The summed E-state index contributed by atoms with van der Waals surface area (Å²) in [5.74, 6) is -1.85. The number of primary amides is 1. The number of carbonyl (C=O) groups excluding carboxylic acids is 2. The molecule has 0 radical (unpaired) electrons. The second-order valence-electron chi connectivity index (χ2n) is 6.27. The van der Waals surface area contributed by atoms with Crippen molar-refractivity contribution in [2.24, 2.45) is 17.1 Å². The zero-order valence-corrected chi connectivity index (χ0v) is 12.2. The van der Waals surface area contributed by atoms with Crippen molar-refractivity contribution in [2.75, 3.05) is 13.1 Å². The minimum absolute atomic E-state index is 0.248. The molecule has 7 heteroatoms. The molecule has 20 heavy (non-hydrogen) atoms. The Balaban J connectivity index is 2.70. The van der Waals surface area contributed by atoms with Crippen LogP contribution in [-0.4, -0.2) is 47.0 Å². The number of aliphatic carboxylic acids is 1. The largest absolute Gasteiger partial charge is 0.480 e. The average molecular weight is 285 g/mol. The van der Waals surface area contributed by atoms with E-state index >= 15 is 0 Å². The van der Waals surface area contributed by atoms with Crippen LogP contribution in [0.25, 0.3) is 0 Å². The van der Waals surface area contributed by atoms with Gasteiger partial charge in [-0.25, -0.2) is 9.59 Å². The molecule has 7 nitrogen and oxygen atoms in total. The van der Waals surface area contributed by atoms with Crippen LogP contribution in [0.5, 0.6) is 0 Å². The van der Waals surface area contributed by atoms with Crippen LogP contribution in [0.4, 0.5) is 4.79 Å². The van der Waals surface area contributed by atoms with E-state index in [-0.39, 0.29) is 12.5 Å². The fourth-order valence-corrected chi connectivity index (χ4v) is 2.26. The first-order valence-corrected chi connectivity index (χ1v) is 6.70. The maximum Gasteiger partial charge on any atom is 0.326 e. The molecule has 4 N–H and O–H groups in total. The molecule has 0 bridgehead atoms. The maximum atomic E-state index is 12.1. The Bertz CT molecular complexity index is 403. The molecule has 1 saturated heterocycles. The number of carbonyl (C=O) groups is 3. The molecule has 1 aliphatic rings. The molecule has 0 aromatic heterocycles. The van der Waals surface area contributed by atoms with Gasteiger partial charge in [0.2, 0.25) is 5.91 Å². The Morgan fingerprint density at radius 3 is 2.40 bits per heavy atom. The van der Waals surface area contributed by atoms with Crippen molar-refractivity contribution in [3.8, 4) is 0 Å². The molecule has 2 atom stereocenters. The number of nitrogens with zero attached hydrogens (tertiary/aromatic N) is 1. The molecule has 0 aliphatic carbocycles. The van der Waals surface area contributed by atoms with Crippen molar-refractivity contribution >= 4 is 17.9 Å². The lowest BCUT2D eigenvalue weighted by atomic mass is 9.87. The summed E-state index contributed by atoms with van der Waals surface area (Å²) in [5.41, 5.74) is 4.66. The third-order valence-corrected chi connectivity index (χ3v) is 3.49. The van der Waals surface area contributed by atoms with Crippen LogP contribution in [0.2, 0.25) is 0 Å². The van der Waals surface area contributed by atoms with Gasteiger partial charge in [-0.3, -0.25) is 4.79 Å². The first kappa shape index (κ1) is 16.3. The Labute approximate surface area is 118 Å². The summed E-state index contributed by atoms with van der Waals surface area (Å²) in [6.07, 6.45) is 1.36. The second-order valence-corrected chi connectivity index (χ2v) is 6.27. The van der Waals surface area contributed by atoms with Crippen LogP contribution in [0, 0.1) is 11.3 Å². The van der Waals surface area contributed by atoms with E-state index in [1.165, 1.54) is 4.90 Å². The van der Waals surface area contributed by atoms with Gasteiger partial charge in [-0.05, 0) is 18.3 Å². The first-order valence-electron chi connectivity index (χ1n) is 6.70. The predicted molar refractivity (Wildman–Crippen MR) is 72.9 cm³/mol. The van der Waals surface area contributed by atoms with Crippen LogP contribution in [0.3, 0.4) is 0 Å². The van der Waals surface area contributed by atoms with E-state index in [0.29, 0.717) is 19.4 Å². The molecule has 0 saturated carbocycles. The summed E-state index contributed by atoms with van der Waals surface area (Å²) < 4.78 is 0. The van der Waals surface area contributed by atoms with Crippen LogP contribution >= 0.6 is 0 Å². The van der Waals surface area contributed by atoms with E-state index in [9.17, 15) is 19.5 Å². The number of likely N-dealkylation sites (tertiary alicyclic amines) is 1. The average Bonchev–Trinajstić information content (AvgIpc) is 2.33. The molecule has 1 heterocycles. The molecule has 0 spiro atoms. The highest BCUT2D eigenvalue weighted by Crippen LogP contribution is 2.21. The quantitative estimate of drug-likeness (QED) is 0.696. The van der Waals surface area contributed by atoms with Gasteiger partial charge in [-0.2, -0.15) is 0 Å². The normalized spacial score (nSPS) is 21.1. The summed E-state index contributed by atoms with van der Waals surface area (Å²) in [5, 5.41) is 11.7. The third kappa shape index (κ3) is 4.11. The monoisotopic (exact) mass is 285 g/mol. The maximum absolute atomic E-state index is 12.1. The summed E-state index contributed by atoms with van der Waals surface area (Å²) in [6.45, 7) is 5.99. The fourth-order valence-electron chi connectivity index (χ4n) is 2.26. The van der Waals surface area contributed by atoms with E-state index in [1.54, 1.807) is 20.8 Å². The lowest BCUT2D eigenvalue weighted by Crippen LogP contribution is -2.55. The van der Waals surface area contributed by atoms with Crippen molar-refractivity contribution in [2.45, 2.75) is 39.7 Å². The van der Waals surface area contributed by atoms with Gasteiger partial charge in [0.1, 0.15) is 6.04 Å². The minimum Gasteiger partial charge on any atom is -0.480 e. The summed E-state index contributed by atoms with van der Waals surface area (Å²) in [6, 6.07) is -1.44. The van der Waals surface area contributed by atoms with Gasteiger partial charge in [0, 0.05) is 13.1 Å². The van der Waals surface area contributed by atoms with Gasteiger partial charge in [0.25, 0.3) is 0 Å². The van der Waals surface area contributed by atoms with Gasteiger partial charge in [-0.1, -0.05) is 20.8 Å².